The lowest BCUT2D eigenvalue weighted by atomic mass is 10.2. The maximum Gasteiger partial charge on any atom is 0.416 e. The highest BCUT2D eigenvalue weighted by Crippen LogP contribution is 2.31. The fourth-order valence-electron chi connectivity index (χ4n) is 2.74. The number of hydrogen-bond acceptors (Lipinski definition) is 4. The number of ether oxygens (including phenoxy) is 1. The second-order valence-corrected chi connectivity index (χ2v) is 7.98. The number of rotatable bonds is 5. The molecule has 5 nitrogen and oxygen atoms in total. The van der Waals surface area contributed by atoms with Gasteiger partial charge in [0.15, 0.2) is 0 Å². The van der Waals surface area contributed by atoms with Crippen LogP contribution in [-0.4, -0.2) is 36.9 Å². The Balaban J connectivity index is 1.64. The van der Waals surface area contributed by atoms with E-state index in [1.54, 1.807) is 30.3 Å². The van der Waals surface area contributed by atoms with Crippen molar-refractivity contribution in [2.24, 2.45) is 0 Å². The number of halogens is 3. The second-order valence-electron chi connectivity index (χ2n) is 6.01. The zero-order valence-corrected chi connectivity index (χ0v) is 14.5. The smallest absolute Gasteiger partial charge is 0.416 e. The molecule has 1 aromatic heterocycles. The Labute approximate surface area is 149 Å². The van der Waals surface area contributed by atoms with Crippen LogP contribution in [0.1, 0.15) is 17.5 Å². The van der Waals surface area contributed by atoms with Crippen molar-refractivity contribution in [3.05, 3.63) is 59.8 Å². The molecule has 0 aliphatic carbocycles. The average molecular weight is 386 g/mol. The highest BCUT2D eigenvalue weighted by Gasteiger charge is 2.34. The van der Waals surface area contributed by atoms with Crippen LogP contribution in [0, 0.1) is 0 Å². The van der Waals surface area contributed by atoms with Crippen molar-refractivity contribution in [3.8, 4) is 5.88 Å². The van der Waals surface area contributed by atoms with E-state index in [1.165, 1.54) is 4.31 Å². The van der Waals surface area contributed by atoms with Crippen molar-refractivity contribution in [2.75, 3.05) is 13.1 Å². The van der Waals surface area contributed by atoms with Crippen molar-refractivity contribution in [1.82, 2.24) is 9.29 Å². The van der Waals surface area contributed by atoms with E-state index in [-0.39, 0.29) is 24.7 Å². The van der Waals surface area contributed by atoms with E-state index >= 15 is 0 Å². The van der Waals surface area contributed by atoms with E-state index in [9.17, 15) is 21.6 Å². The third-order valence-corrected chi connectivity index (χ3v) is 5.86. The number of hydrogen-bond donors (Lipinski definition) is 0. The maximum atomic E-state index is 12.7. The maximum absolute atomic E-state index is 12.7. The van der Waals surface area contributed by atoms with Gasteiger partial charge in [-0.3, -0.25) is 0 Å². The summed E-state index contributed by atoms with van der Waals surface area (Å²) in [4.78, 5) is 3.78. The largest absolute Gasteiger partial charge is 0.473 e. The van der Waals surface area contributed by atoms with Crippen molar-refractivity contribution >= 4 is 10.0 Å². The Morgan fingerprint density at radius 3 is 2.62 bits per heavy atom. The number of benzene rings is 1. The quantitative estimate of drug-likeness (QED) is 0.792. The zero-order valence-electron chi connectivity index (χ0n) is 13.7. The molecule has 0 bridgehead atoms. The molecule has 3 rings (SSSR count). The lowest BCUT2D eigenvalue weighted by Gasteiger charge is -2.17. The Morgan fingerprint density at radius 1 is 1.19 bits per heavy atom. The van der Waals surface area contributed by atoms with Gasteiger partial charge >= 0.3 is 6.18 Å². The van der Waals surface area contributed by atoms with Crippen LogP contribution in [0.3, 0.4) is 0 Å². The molecule has 1 fully saturated rings. The van der Waals surface area contributed by atoms with Crippen molar-refractivity contribution in [3.63, 3.8) is 0 Å². The number of alkyl halides is 3. The first-order valence-corrected chi connectivity index (χ1v) is 9.56. The minimum atomic E-state index is -4.48. The van der Waals surface area contributed by atoms with Crippen LogP contribution < -0.4 is 4.74 Å². The number of pyridine rings is 1. The predicted molar refractivity (Wildman–Crippen MR) is 88.9 cm³/mol. The molecule has 2 aromatic rings. The molecule has 0 spiro atoms. The minimum Gasteiger partial charge on any atom is -0.473 e. The van der Waals surface area contributed by atoms with Crippen molar-refractivity contribution in [2.45, 2.75) is 24.5 Å². The monoisotopic (exact) mass is 386 g/mol. The highest BCUT2D eigenvalue weighted by molar-refractivity contribution is 7.88. The number of nitrogens with zero attached hydrogens (tertiary/aromatic N) is 2. The van der Waals surface area contributed by atoms with Gasteiger partial charge in [0.05, 0.1) is 17.9 Å². The van der Waals surface area contributed by atoms with Gasteiger partial charge in [0.2, 0.25) is 15.9 Å². The summed E-state index contributed by atoms with van der Waals surface area (Å²) in [5, 5.41) is 0. The molecule has 140 valence electrons. The summed E-state index contributed by atoms with van der Waals surface area (Å²) in [6.07, 6.45) is -3.60. The van der Waals surface area contributed by atoms with Gasteiger partial charge in [-0.15, -0.1) is 0 Å². The second kappa shape index (κ2) is 7.24. The standard InChI is InChI=1S/C17H17F3N2O3S/c18-17(19,20)14-6-8-21-16(10-14)25-15-7-9-22(11-15)26(23,24)12-13-4-2-1-3-5-13/h1-6,8,10,15H,7,9,11-12H2/t15-/m1/s1. The molecule has 0 radical (unpaired) electrons. The summed E-state index contributed by atoms with van der Waals surface area (Å²) < 4.78 is 70.0. The molecule has 0 saturated carbocycles. The molecule has 1 saturated heterocycles. The van der Waals surface area contributed by atoms with E-state index in [0.29, 0.717) is 12.0 Å². The molecule has 1 aliphatic rings. The zero-order chi connectivity index (χ0) is 18.8. The van der Waals surface area contributed by atoms with Crippen LogP contribution in [-0.2, 0) is 22.0 Å². The summed E-state index contributed by atoms with van der Waals surface area (Å²) in [5.74, 6) is -0.283. The first-order chi connectivity index (χ1) is 12.2. The molecule has 9 heteroatoms. The van der Waals surface area contributed by atoms with Gasteiger partial charge in [-0.05, 0) is 18.1 Å². The predicted octanol–water partition coefficient (Wildman–Crippen LogP) is 3.08. The van der Waals surface area contributed by atoms with E-state index < -0.39 is 27.9 Å². The molecule has 1 atom stereocenters. The normalized spacial score (nSPS) is 18.8. The van der Waals surface area contributed by atoms with Gasteiger partial charge in [0.25, 0.3) is 0 Å². The fourth-order valence-corrected chi connectivity index (χ4v) is 4.32. The van der Waals surface area contributed by atoms with E-state index in [4.69, 9.17) is 4.74 Å². The Morgan fingerprint density at radius 2 is 1.92 bits per heavy atom. The highest BCUT2D eigenvalue weighted by atomic mass is 32.2. The lowest BCUT2D eigenvalue weighted by molar-refractivity contribution is -0.137. The summed E-state index contributed by atoms with van der Waals surface area (Å²) in [6, 6.07) is 10.5. The first-order valence-electron chi connectivity index (χ1n) is 7.96. The van der Waals surface area contributed by atoms with E-state index in [0.717, 1.165) is 18.3 Å². The summed E-state index contributed by atoms with van der Waals surface area (Å²) in [6.45, 7) is 0.353. The van der Waals surface area contributed by atoms with Crippen LogP contribution in [0.15, 0.2) is 48.7 Å². The van der Waals surface area contributed by atoms with Gasteiger partial charge in [-0.2, -0.15) is 17.5 Å². The van der Waals surface area contributed by atoms with Crippen LogP contribution in [0.2, 0.25) is 0 Å². The lowest BCUT2D eigenvalue weighted by Crippen LogP contribution is -2.32. The minimum absolute atomic E-state index is 0.0904. The van der Waals surface area contributed by atoms with Gasteiger partial charge in [-0.25, -0.2) is 13.4 Å². The van der Waals surface area contributed by atoms with Crippen molar-refractivity contribution in [1.29, 1.82) is 0 Å². The van der Waals surface area contributed by atoms with Gasteiger partial charge in [-0.1, -0.05) is 30.3 Å². The van der Waals surface area contributed by atoms with Crippen molar-refractivity contribution < 1.29 is 26.3 Å². The van der Waals surface area contributed by atoms with Crippen LogP contribution in [0.4, 0.5) is 13.2 Å². The third kappa shape index (κ3) is 4.53. The first kappa shape index (κ1) is 18.7. The summed E-state index contributed by atoms with van der Waals surface area (Å²) in [7, 11) is -3.52. The molecular weight excluding hydrogens is 369 g/mol. The summed E-state index contributed by atoms with van der Waals surface area (Å²) in [5.41, 5.74) is -0.175. The topological polar surface area (TPSA) is 59.5 Å². The van der Waals surface area contributed by atoms with Crippen LogP contribution in [0.5, 0.6) is 5.88 Å². The molecule has 0 N–H and O–H groups in total. The molecule has 0 unspecified atom stereocenters. The summed E-state index contributed by atoms with van der Waals surface area (Å²) >= 11 is 0. The third-order valence-electron chi connectivity index (χ3n) is 4.04. The number of sulfonamides is 1. The Bertz CT molecular complexity index is 857. The fraction of sp³-hybridized carbons (Fsp3) is 0.353. The Kier molecular flexibility index (Phi) is 5.19. The van der Waals surface area contributed by atoms with E-state index in [1.807, 2.05) is 0 Å². The van der Waals surface area contributed by atoms with Gasteiger partial charge in [0.1, 0.15) is 6.10 Å². The van der Waals surface area contributed by atoms with Gasteiger partial charge < -0.3 is 4.74 Å². The SMILES string of the molecule is O=S(=O)(Cc1ccccc1)N1CC[C@@H](Oc2cc(C(F)(F)F)ccn2)C1. The van der Waals surface area contributed by atoms with Crippen LogP contribution >= 0.6 is 0 Å². The molecule has 0 amide bonds. The molecule has 1 aliphatic heterocycles. The van der Waals surface area contributed by atoms with Crippen LogP contribution in [0.25, 0.3) is 0 Å². The molecule has 26 heavy (non-hydrogen) atoms. The molecule has 1 aromatic carbocycles. The van der Waals surface area contributed by atoms with Gasteiger partial charge in [0, 0.05) is 18.8 Å². The molecule has 2 heterocycles. The van der Waals surface area contributed by atoms with E-state index in [2.05, 4.69) is 4.98 Å². The average Bonchev–Trinajstić information content (AvgIpc) is 3.04. The number of aromatic nitrogens is 1. The molecular formula is C17H17F3N2O3S. The Hall–Kier alpha value is -2.13.